The maximum Gasteiger partial charge on any atom is 0.257 e. The Hall–Kier alpha value is -0.670. The van der Waals surface area contributed by atoms with Crippen molar-refractivity contribution in [3.63, 3.8) is 0 Å². The molecule has 1 fully saturated rings. The van der Waals surface area contributed by atoms with Gasteiger partial charge in [-0.1, -0.05) is 0 Å². The summed E-state index contributed by atoms with van der Waals surface area (Å²) in [7, 11) is -3.45. The summed E-state index contributed by atoms with van der Waals surface area (Å²) in [6.07, 6.45) is 1.51. The highest BCUT2D eigenvalue weighted by molar-refractivity contribution is 7.89. The molecule has 1 aliphatic rings. The zero-order chi connectivity index (χ0) is 13.7. The summed E-state index contributed by atoms with van der Waals surface area (Å²) in [5.41, 5.74) is 0. The molecule has 0 spiro atoms. The molecule has 116 valence electrons. The van der Waals surface area contributed by atoms with Crippen LogP contribution in [0.4, 0.5) is 0 Å². The van der Waals surface area contributed by atoms with Crippen LogP contribution in [-0.2, 0) is 16.6 Å². The Morgan fingerprint density at radius 1 is 1.40 bits per heavy atom. The van der Waals surface area contributed by atoms with E-state index in [0.717, 1.165) is 32.7 Å². The molecule has 0 amide bonds. The van der Waals surface area contributed by atoms with Gasteiger partial charge in [0, 0.05) is 45.8 Å². The van der Waals surface area contributed by atoms with Crippen molar-refractivity contribution in [2.24, 2.45) is 0 Å². The van der Waals surface area contributed by atoms with E-state index in [1.54, 1.807) is 0 Å². The topological polar surface area (TPSA) is 79.3 Å². The van der Waals surface area contributed by atoms with Gasteiger partial charge >= 0.3 is 0 Å². The molecule has 7 nitrogen and oxygen atoms in total. The fourth-order valence-corrected chi connectivity index (χ4v) is 3.33. The molecule has 0 aliphatic carbocycles. The molecule has 0 saturated carbocycles. The van der Waals surface area contributed by atoms with Crippen LogP contribution in [0.5, 0.6) is 0 Å². The Morgan fingerprint density at radius 3 is 2.75 bits per heavy atom. The number of nitrogens with zero attached hydrogens (tertiary/aromatic N) is 3. The number of aryl methyl sites for hydroxylation is 1. The van der Waals surface area contributed by atoms with Gasteiger partial charge in [-0.25, -0.2) is 13.1 Å². The van der Waals surface area contributed by atoms with Crippen molar-refractivity contribution < 1.29 is 8.42 Å². The molecule has 1 aromatic heterocycles. The summed E-state index contributed by atoms with van der Waals surface area (Å²) in [5.74, 6) is 0. The molecule has 0 unspecified atom stereocenters. The first kappa shape index (κ1) is 17.4. The Labute approximate surface area is 126 Å². The third-order valence-corrected chi connectivity index (χ3v) is 4.66. The molecule has 0 atom stereocenters. The monoisotopic (exact) mass is 323 g/mol. The number of rotatable bonds is 6. The predicted octanol–water partition coefficient (Wildman–Crippen LogP) is -0.492. The predicted molar refractivity (Wildman–Crippen MR) is 79.6 cm³/mol. The van der Waals surface area contributed by atoms with E-state index < -0.39 is 10.0 Å². The summed E-state index contributed by atoms with van der Waals surface area (Å²) in [4.78, 5) is 2.25. The van der Waals surface area contributed by atoms with Gasteiger partial charge in [-0.05, 0) is 13.0 Å². The molecule has 2 N–H and O–H groups in total. The Balaban J connectivity index is 0.00000200. The number of halogens is 1. The Morgan fingerprint density at radius 2 is 2.10 bits per heavy atom. The number of piperazine rings is 1. The van der Waals surface area contributed by atoms with Gasteiger partial charge in [0.2, 0.25) is 0 Å². The highest BCUT2D eigenvalue weighted by atomic mass is 35.5. The molecule has 1 saturated heterocycles. The van der Waals surface area contributed by atoms with Crippen molar-refractivity contribution in [1.82, 2.24) is 24.7 Å². The van der Waals surface area contributed by atoms with Gasteiger partial charge in [0.05, 0.1) is 6.20 Å². The highest BCUT2D eigenvalue weighted by Gasteiger charge is 2.18. The van der Waals surface area contributed by atoms with E-state index in [4.69, 9.17) is 0 Å². The zero-order valence-corrected chi connectivity index (χ0v) is 13.2. The Kier molecular flexibility index (Phi) is 6.90. The average molecular weight is 324 g/mol. The van der Waals surface area contributed by atoms with Gasteiger partial charge in [0.15, 0.2) is 5.03 Å². The molecule has 0 aromatic carbocycles. The molecule has 1 aromatic rings. The van der Waals surface area contributed by atoms with E-state index >= 15 is 0 Å². The first-order valence-corrected chi connectivity index (χ1v) is 8.06. The van der Waals surface area contributed by atoms with Gasteiger partial charge < -0.3 is 5.32 Å². The maximum atomic E-state index is 12.1. The van der Waals surface area contributed by atoms with Gasteiger partial charge in [-0.2, -0.15) is 5.10 Å². The van der Waals surface area contributed by atoms with Crippen LogP contribution in [0.15, 0.2) is 17.3 Å². The van der Waals surface area contributed by atoms with Crippen molar-refractivity contribution in [1.29, 1.82) is 0 Å². The summed E-state index contributed by atoms with van der Waals surface area (Å²) in [5, 5.41) is 7.48. The standard InChI is InChI=1S/C11H21N5O2S.ClH/c1-2-16-11(3-4-13-16)19(17,18)14-7-10-15-8-5-12-6-9-15;/h3-4,12,14H,2,5-10H2,1H3;1H. The molecule has 1 aliphatic heterocycles. The van der Waals surface area contributed by atoms with Gasteiger partial charge in [-0.3, -0.25) is 9.58 Å². The van der Waals surface area contributed by atoms with E-state index in [1.807, 2.05) is 6.92 Å². The zero-order valence-electron chi connectivity index (χ0n) is 11.6. The van der Waals surface area contributed by atoms with Crippen molar-refractivity contribution in [3.8, 4) is 0 Å². The lowest BCUT2D eigenvalue weighted by Gasteiger charge is -2.27. The van der Waals surface area contributed by atoms with E-state index in [-0.39, 0.29) is 17.4 Å². The first-order valence-electron chi connectivity index (χ1n) is 6.58. The minimum absolute atomic E-state index is 0. The van der Waals surface area contributed by atoms with E-state index in [0.29, 0.717) is 13.1 Å². The van der Waals surface area contributed by atoms with Gasteiger partial charge in [0.1, 0.15) is 0 Å². The van der Waals surface area contributed by atoms with Crippen LogP contribution >= 0.6 is 12.4 Å². The number of sulfonamides is 1. The first-order chi connectivity index (χ1) is 9.13. The molecule has 0 bridgehead atoms. The second-order valence-corrected chi connectivity index (χ2v) is 6.19. The van der Waals surface area contributed by atoms with Crippen LogP contribution in [0.2, 0.25) is 0 Å². The van der Waals surface area contributed by atoms with E-state index in [1.165, 1.54) is 16.9 Å². The molecule has 0 radical (unpaired) electrons. The third-order valence-electron chi connectivity index (χ3n) is 3.18. The smallest absolute Gasteiger partial charge is 0.257 e. The normalized spacial score (nSPS) is 16.9. The lowest BCUT2D eigenvalue weighted by molar-refractivity contribution is 0.245. The molecule has 20 heavy (non-hydrogen) atoms. The number of hydrogen-bond donors (Lipinski definition) is 2. The van der Waals surface area contributed by atoms with Crippen LogP contribution in [0.3, 0.4) is 0 Å². The van der Waals surface area contributed by atoms with E-state index in [9.17, 15) is 8.42 Å². The fraction of sp³-hybridized carbons (Fsp3) is 0.727. The Bertz CT molecular complexity index is 499. The summed E-state index contributed by atoms with van der Waals surface area (Å²) < 4.78 is 28.3. The quantitative estimate of drug-likeness (QED) is 0.738. The fourth-order valence-electron chi connectivity index (χ4n) is 2.13. The van der Waals surface area contributed by atoms with Crippen molar-refractivity contribution in [3.05, 3.63) is 12.3 Å². The lowest BCUT2D eigenvalue weighted by atomic mass is 10.3. The highest BCUT2D eigenvalue weighted by Crippen LogP contribution is 2.07. The van der Waals surface area contributed by atoms with Crippen molar-refractivity contribution >= 4 is 22.4 Å². The molecule has 9 heteroatoms. The van der Waals surface area contributed by atoms with Crippen LogP contribution < -0.4 is 10.0 Å². The summed E-state index contributed by atoms with van der Waals surface area (Å²) in [6.45, 7) is 7.44. The summed E-state index contributed by atoms with van der Waals surface area (Å²) >= 11 is 0. The van der Waals surface area contributed by atoms with Crippen molar-refractivity contribution in [2.75, 3.05) is 39.3 Å². The number of aromatic nitrogens is 2. The van der Waals surface area contributed by atoms with Gasteiger partial charge in [0.25, 0.3) is 10.0 Å². The number of hydrogen-bond acceptors (Lipinski definition) is 5. The minimum atomic E-state index is -3.45. The molecular weight excluding hydrogens is 302 g/mol. The third kappa shape index (κ3) is 4.42. The van der Waals surface area contributed by atoms with Gasteiger partial charge in [-0.15, -0.1) is 12.4 Å². The van der Waals surface area contributed by atoms with Crippen LogP contribution in [0.25, 0.3) is 0 Å². The van der Waals surface area contributed by atoms with Crippen LogP contribution in [0, 0.1) is 0 Å². The minimum Gasteiger partial charge on any atom is -0.314 e. The SMILES string of the molecule is CCn1nccc1S(=O)(=O)NCCN1CCNCC1.Cl. The van der Waals surface area contributed by atoms with Crippen LogP contribution in [0.1, 0.15) is 6.92 Å². The second kappa shape index (κ2) is 7.94. The lowest BCUT2D eigenvalue weighted by Crippen LogP contribution is -2.46. The molecular formula is C11H22ClN5O2S. The molecule has 2 heterocycles. The van der Waals surface area contributed by atoms with E-state index in [2.05, 4.69) is 20.0 Å². The van der Waals surface area contributed by atoms with Crippen LogP contribution in [-0.4, -0.2) is 62.4 Å². The maximum absolute atomic E-state index is 12.1. The average Bonchev–Trinajstić information content (AvgIpc) is 2.89. The second-order valence-electron chi connectivity index (χ2n) is 4.47. The largest absolute Gasteiger partial charge is 0.314 e. The molecule has 2 rings (SSSR count). The summed E-state index contributed by atoms with van der Waals surface area (Å²) in [6, 6.07) is 1.52. The van der Waals surface area contributed by atoms with Crippen molar-refractivity contribution in [2.45, 2.75) is 18.5 Å². The number of nitrogens with one attached hydrogen (secondary N) is 2.